The molecule has 1 N–H and O–H groups in total. The van der Waals surface area contributed by atoms with Gasteiger partial charge in [0.15, 0.2) is 0 Å². The smallest absolute Gasteiger partial charge is 0.450 e. The van der Waals surface area contributed by atoms with E-state index in [1.807, 2.05) is 0 Å². The topological polar surface area (TPSA) is 59.0 Å². The Bertz CT molecular complexity index is 820. The van der Waals surface area contributed by atoms with Crippen molar-refractivity contribution in [3.63, 3.8) is 0 Å². The van der Waals surface area contributed by atoms with Crippen molar-refractivity contribution in [3.05, 3.63) is 70.8 Å². The molecule has 166 valence electrons. The van der Waals surface area contributed by atoms with Crippen LogP contribution in [0.4, 0.5) is 4.79 Å². The van der Waals surface area contributed by atoms with Gasteiger partial charge in [-0.3, -0.25) is 4.90 Å². The number of carbonyl (C=O) groups is 1. The number of benzene rings is 2. The van der Waals surface area contributed by atoms with Crippen molar-refractivity contribution in [1.82, 2.24) is 4.90 Å². The van der Waals surface area contributed by atoms with Crippen LogP contribution in [-0.2, 0) is 22.3 Å². The molecule has 0 radical (unpaired) electrons. The Labute approximate surface area is 185 Å². The van der Waals surface area contributed by atoms with Crippen molar-refractivity contribution in [3.8, 4) is 0 Å². The average Bonchev–Trinajstić information content (AvgIpc) is 2.93. The van der Waals surface area contributed by atoms with Gasteiger partial charge < -0.3 is 14.6 Å². The minimum absolute atomic E-state index is 0.192. The maximum atomic E-state index is 10.8. The van der Waals surface area contributed by atoms with E-state index in [9.17, 15) is 4.79 Å². The third kappa shape index (κ3) is 5.86. The van der Waals surface area contributed by atoms with Crippen LogP contribution in [0.3, 0.4) is 0 Å². The van der Waals surface area contributed by atoms with Crippen LogP contribution in [0.2, 0.25) is 0 Å². The van der Waals surface area contributed by atoms with Crippen LogP contribution in [0.25, 0.3) is 0 Å². The fourth-order valence-corrected chi connectivity index (χ4v) is 5.10. The summed E-state index contributed by atoms with van der Waals surface area (Å²) in [5.41, 5.74) is 5.83. The SMILES string of the molecule is O=C(O)O[C@@H]1CCCN(CCCOCCC2c3ccccc3CCc3ccccc32)C1. The number of fused-ring (bicyclic) bond motifs is 2. The molecule has 0 aromatic heterocycles. The summed E-state index contributed by atoms with van der Waals surface area (Å²) in [7, 11) is 0. The molecule has 1 aliphatic heterocycles. The number of likely N-dealkylation sites (tertiary alicyclic amines) is 1. The van der Waals surface area contributed by atoms with Gasteiger partial charge in [-0.25, -0.2) is 4.79 Å². The lowest BCUT2D eigenvalue weighted by Gasteiger charge is -2.31. The first kappa shape index (κ1) is 21.8. The van der Waals surface area contributed by atoms with Crippen molar-refractivity contribution >= 4 is 6.16 Å². The second-order valence-electron chi connectivity index (χ2n) is 8.65. The molecule has 1 fully saturated rings. The van der Waals surface area contributed by atoms with Gasteiger partial charge in [-0.15, -0.1) is 0 Å². The van der Waals surface area contributed by atoms with E-state index < -0.39 is 6.16 Å². The van der Waals surface area contributed by atoms with Gasteiger partial charge in [-0.05, 0) is 67.3 Å². The quantitative estimate of drug-likeness (QED) is 0.485. The number of hydrogen-bond donors (Lipinski definition) is 1. The summed E-state index contributed by atoms with van der Waals surface area (Å²) in [5.74, 6) is 0.394. The van der Waals surface area contributed by atoms with Crippen LogP contribution in [0.15, 0.2) is 48.5 Å². The Hall–Kier alpha value is -2.37. The first-order valence-electron chi connectivity index (χ1n) is 11.6. The molecule has 4 rings (SSSR count). The lowest BCUT2D eigenvalue weighted by molar-refractivity contribution is 0.0111. The Morgan fingerprint density at radius 1 is 1.00 bits per heavy atom. The third-order valence-electron chi connectivity index (χ3n) is 6.57. The van der Waals surface area contributed by atoms with E-state index in [1.54, 1.807) is 0 Å². The lowest BCUT2D eigenvalue weighted by atomic mass is 9.86. The molecule has 5 nitrogen and oxygen atoms in total. The molecule has 2 aromatic carbocycles. The van der Waals surface area contributed by atoms with Crippen molar-refractivity contribution in [2.24, 2.45) is 0 Å². The first-order valence-corrected chi connectivity index (χ1v) is 11.6. The van der Waals surface area contributed by atoms with Gasteiger partial charge in [0, 0.05) is 32.2 Å². The summed E-state index contributed by atoms with van der Waals surface area (Å²) in [6, 6.07) is 17.7. The Morgan fingerprint density at radius 3 is 2.35 bits per heavy atom. The molecular weight excluding hydrogens is 390 g/mol. The van der Waals surface area contributed by atoms with Gasteiger partial charge in [-0.1, -0.05) is 48.5 Å². The van der Waals surface area contributed by atoms with Crippen molar-refractivity contribution < 1.29 is 19.4 Å². The van der Waals surface area contributed by atoms with E-state index in [-0.39, 0.29) is 6.10 Å². The number of rotatable bonds is 8. The molecule has 1 heterocycles. The number of piperidine rings is 1. The molecule has 31 heavy (non-hydrogen) atoms. The molecule has 1 aliphatic carbocycles. The summed E-state index contributed by atoms with van der Waals surface area (Å²) < 4.78 is 11.0. The predicted molar refractivity (Wildman–Crippen MR) is 121 cm³/mol. The summed E-state index contributed by atoms with van der Waals surface area (Å²) in [6.07, 6.45) is 4.60. The van der Waals surface area contributed by atoms with Gasteiger partial charge in [0.2, 0.25) is 0 Å². The highest BCUT2D eigenvalue weighted by Gasteiger charge is 2.24. The molecule has 0 saturated carbocycles. The summed E-state index contributed by atoms with van der Waals surface area (Å²) in [6.45, 7) is 4.11. The molecule has 2 aromatic rings. The Balaban J connectivity index is 1.25. The Kier molecular flexibility index (Phi) is 7.60. The fraction of sp³-hybridized carbons (Fsp3) is 0.500. The summed E-state index contributed by atoms with van der Waals surface area (Å²) in [4.78, 5) is 13.0. The van der Waals surface area contributed by atoms with E-state index in [1.165, 1.54) is 22.3 Å². The highest BCUT2D eigenvalue weighted by molar-refractivity contribution is 5.57. The number of nitrogens with zero attached hydrogens (tertiary/aromatic N) is 1. The van der Waals surface area contributed by atoms with Gasteiger partial charge in [0.25, 0.3) is 0 Å². The largest absolute Gasteiger partial charge is 0.506 e. The predicted octanol–water partition coefficient (Wildman–Crippen LogP) is 4.87. The monoisotopic (exact) mass is 423 g/mol. The van der Waals surface area contributed by atoms with E-state index in [2.05, 4.69) is 53.4 Å². The number of aryl methyl sites for hydroxylation is 2. The third-order valence-corrected chi connectivity index (χ3v) is 6.57. The fourth-order valence-electron chi connectivity index (χ4n) is 5.10. The molecule has 0 amide bonds. The van der Waals surface area contributed by atoms with Crippen LogP contribution in [0.1, 0.15) is 53.9 Å². The zero-order valence-electron chi connectivity index (χ0n) is 18.2. The normalized spacial score (nSPS) is 19.3. The standard InChI is InChI=1S/C26H33NO4/c28-26(29)31-22-9-5-15-27(19-22)16-6-17-30-18-14-25-23-10-3-1-7-20(23)12-13-21-8-2-4-11-24(21)25/h1-4,7-8,10-11,22,25H,5-6,9,12-19H2,(H,28,29)/t22-/m1/s1. The zero-order chi connectivity index (χ0) is 21.5. The second-order valence-corrected chi connectivity index (χ2v) is 8.65. The highest BCUT2D eigenvalue weighted by atomic mass is 16.7. The van der Waals surface area contributed by atoms with Crippen molar-refractivity contribution in [2.45, 2.75) is 50.5 Å². The minimum Gasteiger partial charge on any atom is -0.450 e. The van der Waals surface area contributed by atoms with Gasteiger partial charge in [-0.2, -0.15) is 0 Å². The van der Waals surface area contributed by atoms with Crippen LogP contribution < -0.4 is 0 Å². The van der Waals surface area contributed by atoms with Gasteiger partial charge in [0.05, 0.1) is 0 Å². The maximum Gasteiger partial charge on any atom is 0.506 e. The highest BCUT2D eigenvalue weighted by Crippen LogP contribution is 2.36. The summed E-state index contributed by atoms with van der Waals surface area (Å²) >= 11 is 0. The lowest BCUT2D eigenvalue weighted by Crippen LogP contribution is -2.41. The molecule has 0 spiro atoms. The van der Waals surface area contributed by atoms with Crippen molar-refractivity contribution in [2.75, 3.05) is 32.8 Å². The molecule has 0 bridgehead atoms. The van der Waals surface area contributed by atoms with Gasteiger partial charge in [0.1, 0.15) is 6.10 Å². The first-order chi connectivity index (χ1) is 15.2. The van der Waals surface area contributed by atoms with Gasteiger partial charge >= 0.3 is 6.16 Å². The molecular formula is C26H33NO4. The number of ether oxygens (including phenoxy) is 2. The zero-order valence-corrected chi connectivity index (χ0v) is 18.2. The molecule has 0 unspecified atom stereocenters. The molecule has 1 atom stereocenters. The minimum atomic E-state index is -1.17. The maximum absolute atomic E-state index is 10.8. The van der Waals surface area contributed by atoms with E-state index in [4.69, 9.17) is 14.6 Å². The van der Waals surface area contributed by atoms with Crippen LogP contribution in [0, 0.1) is 0 Å². The molecule has 2 aliphatic rings. The average molecular weight is 424 g/mol. The van der Waals surface area contributed by atoms with Crippen LogP contribution in [0.5, 0.6) is 0 Å². The van der Waals surface area contributed by atoms with E-state index >= 15 is 0 Å². The summed E-state index contributed by atoms with van der Waals surface area (Å²) in [5, 5.41) is 8.81. The van der Waals surface area contributed by atoms with E-state index in [0.29, 0.717) is 12.5 Å². The van der Waals surface area contributed by atoms with Crippen LogP contribution >= 0.6 is 0 Å². The van der Waals surface area contributed by atoms with E-state index in [0.717, 1.165) is 64.8 Å². The second kappa shape index (κ2) is 10.8. The number of carboxylic acid groups (broad SMARTS) is 1. The Morgan fingerprint density at radius 2 is 1.68 bits per heavy atom. The van der Waals surface area contributed by atoms with Crippen LogP contribution in [-0.4, -0.2) is 55.1 Å². The van der Waals surface area contributed by atoms with Crippen molar-refractivity contribution in [1.29, 1.82) is 0 Å². The molecule has 1 saturated heterocycles. The molecule has 5 heteroatoms. The number of hydrogen-bond acceptors (Lipinski definition) is 4.